The summed E-state index contributed by atoms with van der Waals surface area (Å²) in [6, 6.07) is 14.3. The highest BCUT2D eigenvalue weighted by Gasteiger charge is 2.30. The second-order valence-electron chi connectivity index (χ2n) is 7.66. The molecule has 0 spiro atoms. The number of benzene rings is 1. The number of amides is 2. The summed E-state index contributed by atoms with van der Waals surface area (Å²) < 4.78 is 3.15. The maximum atomic E-state index is 13.4. The van der Waals surface area contributed by atoms with E-state index >= 15 is 0 Å². The largest absolute Gasteiger partial charge is 0.305 e. The summed E-state index contributed by atoms with van der Waals surface area (Å²) >= 11 is 0. The van der Waals surface area contributed by atoms with Gasteiger partial charge in [-0.15, -0.1) is 0 Å². The molecule has 0 fully saturated rings. The SMILES string of the molecule is O=C(c1cc2ncccn2n1)N1CCCN(C(=O)c2cc3ncccn3n2)c2ccccc21. The van der Waals surface area contributed by atoms with Crippen LogP contribution in [0.2, 0.25) is 0 Å². The molecule has 0 radical (unpaired) electrons. The van der Waals surface area contributed by atoms with Crippen molar-refractivity contribution in [2.45, 2.75) is 6.42 Å². The molecule has 0 saturated heterocycles. The van der Waals surface area contributed by atoms with Gasteiger partial charge in [0, 0.05) is 50.0 Å². The molecule has 5 heterocycles. The number of carbonyl (C=O) groups excluding carboxylic acids is 2. The molecule has 0 N–H and O–H groups in total. The smallest absolute Gasteiger partial charge is 0.278 e. The highest BCUT2D eigenvalue weighted by molar-refractivity contribution is 6.11. The molecule has 0 saturated carbocycles. The lowest BCUT2D eigenvalue weighted by Crippen LogP contribution is -2.32. The van der Waals surface area contributed by atoms with E-state index in [9.17, 15) is 9.59 Å². The third-order valence-corrected chi connectivity index (χ3v) is 5.63. The molecule has 2 amide bonds. The van der Waals surface area contributed by atoms with E-state index < -0.39 is 0 Å². The van der Waals surface area contributed by atoms with Crippen molar-refractivity contribution in [3.05, 3.63) is 84.7 Å². The Morgan fingerprint density at radius 3 is 1.64 bits per heavy atom. The fourth-order valence-electron chi connectivity index (χ4n) is 4.12. The van der Waals surface area contributed by atoms with Crippen LogP contribution >= 0.6 is 0 Å². The molecular formula is C23H18N8O2. The normalized spacial score (nSPS) is 13.8. The van der Waals surface area contributed by atoms with E-state index in [1.807, 2.05) is 24.3 Å². The van der Waals surface area contributed by atoms with E-state index in [2.05, 4.69) is 20.2 Å². The molecule has 0 aliphatic carbocycles. The van der Waals surface area contributed by atoms with Crippen molar-refractivity contribution in [2.24, 2.45) is 0 Å². The van der Waals surface area contributed by atoms with Gasteiger partial charge in [-0.25, -0.2) is 19.0 Å². The Morgan fingerprint density at radius 2 is 1.18 bits per heavy atom. The molecule has 33 heavy (non-hydrogen) atoms. The number of aromatic nitrogens is 6. The first-order valence-corrected chi connectivity index (χ1v) is 10.5. The maximum absolute atomic E-state index is 13.4. The zero-order valence-electron chi connectivity index (χ0n) is 17.4. The molecule has 6 rings (SSSR count). The van der Waals surface area contributed by atoms with Crippen LogP contribution in [0.1, 0.15) is 27.4 Å². The number of nitrogens with zero attached hydrogens (tertiary/aromatic N) is 8. The minimum absolute atomic E-state index is 0.237. The van der Waals surface area contributed by atoms with Gasteiger partial charge in [0.25, 0.3) is 11.8 Å². The Morgan fingerprint density at radius 1 is 0.697 bits per heavy atom. The van der Waals surface area contributed by atoms with E-state index in [1.165, 1.54) is 0 Å². The lowest BCUT2D eigenvalue weighted by molar-refractivity contribution is 0.0976. The average Bonchev–Trinajstić information content (AvgIpc) is 3.43. The van der Waals surface area contributed by atoms with E-state index in [0.717, 1.165) is 0 Å². The van der Waals surface area contributed by atoms with Crippen molar-refractivity contribution in [1.82, 2.24) is 29.2 Å². The van der Waals surface area contributed by atoms with Gasteiger partial charge in [-0.2, -0.15) is 10.2 Å². The van der Waals surface area contributed by atoms with Crippen molar-refractivity contribution < 1.29 is 9.59 Å². The van der Waals surface area contributed by atoms with Crippen LogP contribution in [0.3, 0.4) is 0 Å². The summed E-state index contributed by atoms with van der Waals surface area (Å²) in [6.07, 6.45) is 7.41. The Kier molecular flexibility index (Phi) is 4.35. The van der Waals surface area contributed by atoms with Gasteiger partial charge in [-0.05, 0) is 30.7 Å². The molecule has 10 heteroatoms. The van der Waals surface area contributed by atoms with Crippen LogP contribution in [0.5, 0.6) is 0 Å². The van der Waals surface area contributed by atoms with Crippen molar-refractivity contribution in [1.29, 1.82) is 0 Å². The first kappa shape index (κ1) is 19.1. The van der Waals surface area contributed by atoms with Crippen LogP contribution in [0.4, 0.5) is 11.4 Å². The summed E-state index contributed by atoms with van der Waals surface area (Å²) in [5, 5.41) is 8.76. The third kappa shape index (κ3) is 3.19. The number of rotatable bonds is 2. The van der Waals surface area contributed by atoms with E-state index in [0.29, 0.717) is 53.6 Å². The number of fused-ring (bicyclic) bond motifs is 3. The second-order valence-corrected chi connectivity index (χ2v) is 7.66. The summed E-state index contributed by atoms with van der Waals surface area (Å²) in [5.41, 5.74) is 3.10. The van der Waals surface area contributed by atoms with Crippen LogP contribution in [-0.4, -0.2) is 54.1 Å². The molecule has 0 atom stereocenters. The van der Waals surface area contributed by atoms with Crippen molar-refractivity contribution in [3.63, 3.8) is 0 Å². The molecule has 1 aromatic carbocycles. The molecule has 5 aromatic rings. The Balaban J connectivity index is 1.38. The third-order valence-electron chi connectivity index (χ3n) is 5.63. The fraction of sp³-hybridized carbons (Fsp3) is 0.130. The minimum Gasteiger partial charge on any atom is -0.305 e. The van der Waals surface area contributed by atoms with Gasteiger partial charge in [0.15, 0.2) is 22.7 Å². The van der Waals surface area contributed by atoms with E-state index in [4.69, 9.17) is 0 Å². The highest BCUT2D eigenvalue weighted by atomic mass is 16.2. The lowest BCUT2D eigenvalue weighted by Gasteiger charge is -2.24. The van der Waals surface area contributed by atoms with Crippen LogP contribution in [0.15, 0.2) is 73.3 Å². The molecule has 0 bridgehead atoms. The topological polar surface area (TPSA) is 101 Å². The number of hydrogen-bond acceptors (Lipinski definition) is 6. The maximum Gasteiger partial charge on any atom is 0.278 e. The van der Waals surface area contributed by atoms with Gasteiger partial charge in [0.2, 0.25) is 0 Å². The Labute approximate surface area is 187 Å². The number of anilines is 2. The summed E-state index contributed by atoms with van der Waals surface area (Å²) in [6.45, 7) is 0.904. The standard InChI is InChI=1S/C23H18N8O2/c32-22(16-14-20-24-8-3-12-30(20)26-16)28-10-5-11-29(19-7-2-1-6-18(19)28)23(33)17-15-21-25-9-4-13-31(21)27-17/h1-4,6-9,12-15H,5,10-11H2. The Bertz CT molecular complexity index is 1340. The van der Waals surface area contributed by atoms with Gasteiger partial charge >= 0.3 is 0 Å². The molecule has 1 aliphatic heterocycles. The van der Waals surface area contributed by atoms with Gasteiger partial charge < -0.3 is 9.80 Å². The number of carbonyl (C=O) groups is 2. The zero-order valence-corrected chi connectivity index (χ0v) is 17.4. The molecule has 162 valence electrons. The minimum atomic E-state index is -0.237. The molecular weight excluding hydrogens is 420 g/mol. The van der Waals surface area contributed by atoms with Crippen LogP contribution in [0.25, 0.3) is 11.3 Å². The molecule has 0 unspecified atom stereocenters. The molecule has 1 aliphatic rings. The Hall–Kier alpha value is -4.60. The van der Waals surface area contributed by atoms with Crippen LogP contribution in [0, 0.1) is 0 Å². The van der Waals surface area contributed by atoms with Gasteiger partial charge in [0.05, 0.1) is 11.4 Å². The van der Waals surface area contributed by atoms with Gasteiger partial charge in [0.1, 0.15) is 0 Å². The summed E-state index contributed by atoms with van der Waals surface area (Å²) in [5.74, 6) is -0.474. The number of para-hydroxylation sites is 2. The van der Waals surface area contributed by atoms with Crippen molar-refractivity contribution >= 4 is 34.5 Å². The molecule has 4 aromatic heterocycles. The highest BCUT2D eigenvalue weighted by Crippen LogP contribution is 2.34. The lowest BCUT2D eigenvalue weighted by atomic mass is 10.2. The molecule has 10 nitrogen and oxygen atoms in total. The van der Waals surface area contributed by atoms with Crippen molar-refractivity contribution in [3.8, 4) is 0 Å². The van der Waals surface area contributed by atoms with Crippen LogP contribution < -0.4 is 9.80 Å². The van der Waals surface area contributed by atoms with Crippen molar-refractivity contribution in [2.75, 3.05) is 22.9 Å². The van der Waals surface area contributed by atoms with E-state index in [-0.39, 0.29) is 11.8 Å². The average molecular weight is 438 g/mol. The fourth-order valence-corrected chi connectivity index (χ4v) is 4.12. The predicted octanol–water partition coefficient (Wildman–Crippen LogP) is 2.47. The first-order chi connectivity index (χ1) is 16.2. The number of hydrogen-bond donors (Lipinski definition) is 0. The van der Waals surface area contributed by atoms with Gasteiger partial charge in [-0.1, -0.05) is 12.1 Å². The van der Waals surface area contributed by atoms with E-state index in [1.54, 1.807) is 67.9 Å². The summed E-state index contributed by atoms with van der Waals surface area (Å²) in [4.78, 5) is 38.7. The monoisotopic (exact) mass is 438 g/mol. The summed E-state index contributed by atoms with van der Waals surface area (Å²) in [7, 11) is 0. The van der Waals surface area contributed by atoms with Crippen LogP contribution in [-0.2, 0) is 0 Å². The first-order valence-electron chi connectivity index (χ1n) is 10.5. The zero-order chi connectivity index (χ0) is 22.4. The predicted molar refractivity (Wildman–Crippen MR) is 120 cm³/mol. The quantitative estimate of drug-likeness (QED) is 0.420. The van der Waals surface area contributed by atoms with Gasteiger partial charge in [-0.3, -0.25) is 9.59 Å². The second kappa shape index (κ2) is 7.52.